The highest BCUT2D eigenvalue weighted by Gasteiger charge is 2.64. The Labute approximate surface area is 363 Å². The highest BCUT2D eigenvalue weighted by molar-refractivity contribution is 7.85. The molecule has 0 radical (unpaired) electrons. The Kier molecular flexibility index (Phi) is 12.8. The molecule has 0 aliphatic heterocycles. The summed E-state index contributed by atoms with van der Waals surface area (Å²) >= 11 is 0. The Morgan fingerprint density at radius 3 is 1.75 bits per heavy atom. The Bertz CT molecular complexity index is 1690. The summed E-state index contributed by atoms with van der Waals surface area (Å²) in [4.78, 5) is 26.1. The smallest absolute Gasteiger partial charge is 0.306 e. The number of rotatable bonds is 12. The van der Waals surface area contributed by atoms with Crippen LogP contribution in [0.15, 0.2) is 0 Å². The summed E-state index contributed by atoms with van der Waals surface area (Å²) < 4.78 is 37.4. The van der Waals surface area contributed by atoms with Crippen molar-refractivity contribution in [3.8, 4) is 0 Å². The van der Waals surface area contributed by atoms with E-state index in [0.717, 1.165) is 70.6 Å². The second-order valence-corrected chi connectivity index (χ2v) is 25.4. The van der Waals surface area contributed by atoms with Gasteiger partial charge in [0.15, 0.2) is 0 Å². The summed E-state index contributed by atoms with van der Waals surface area (Å²) in [6, 6.07) is 0. The number of carbonyl (C=O) groups excluding carboxylic acids is 2. The number of carbonyl (C=O) groups is 2. The molecular weight excluding hydrogens is 775 g/mol. The van der Waals surface area contributed by atoms with Crippen LogP contribution in [0.2, 0.25) is 0 Å². The van der Waals surface area contributed by atoms with Gasteiger partial charge >= 0.3 is 5.97 Å². The van der Waals surface area contributed by atoms with Crippen molar-refractivity contribution in [2.24, 2.45) is 92.7 Å². The van der Waals surface area contributed by atoms with Gasteiger partial charge in [-0.2, -0.15) is 8.42 Å². The van der Waals surface area contributed by atoms with E-state index in [2.05, 4.69) is 46.9 Å². The lowest BCUT2D eigenvalue weighted by atomic mass is 9.43. The number of ether oxygens (including phenoxy) is 1. The first-order valence-electron chi connectivity index (χ1n) is 25.1. The molecule has 0 aromatic carbocycles. The molecule has 0 aromatic heterocycles. The van der Waals surface area contributed by atoms with Gasteiger partial charge in [0.1, 0.15) is 6.10 Å². The standard InChI is InChI=1S/C50H83NO8S/c1-30(10-16-43(54)51-25-26-60(56,57)58)35-12-14-38-46-40(20-24-49(35,38)5)48(4)22-18-34(27-33(48)29-42(46)53)59-44(55)17-11-31(2)36-13-15-37-45-39(19-23-50(36,37)6)47(3)21-8-7-9-32(47)28-41(45)52/h30-42,45-46,52-53H,7-29H2,1-6H3,(H,51,54)(H,56,57,58)/t30-,31-,32?,33?,34-,35-,36-,37?,38?,39+,40+,41+,42+,45+,46+,47+,48+,49-,50-/m1/s1. The van der Waals surface area contributed by atoms with E-state index in [9.17, 15) is 28.2 Å². The first kappa shape index (κ1) is 45.3. The molecule has 9 nitrogen and oxygen atoms in total. The monoisotopic (exact) mass is 858 g/mol. The van der Waals surface area contributed by atoms with Gasteiger partial charge in [0, 0.05) is 19.4 Å². The minimum absolute atomic E-state index is 0.0396. The van der Waals surface area contributed by atoms with Crippen LogP contribution in [0.25, 0.3) is 0 Å². The molecule has 8 aliphatic rings. The van der Waals surface area contributed by atoms with E-state index in [1.165, 1.54) is 51.4 Å². The minimum Gasteiger partial charge on any atom is -0.462 e. The van der Waals surface area contributed by atoms with Gasteiger partial charge in [-0.3, -0.25) is 14.1 Å². The van der Waals surface area contributed by atoms with Gasteiger partial charge in [-0.1, -0.05) is 54.4 Å². The summed E-state index contributed by atoms with van der Waals surface area (Å²) in [5, 5.41) is 26.3. The Balaban J connectivity index is 0.818. The van der Waals surface area contributed by atoms with Crippen molar-refractivity contribution >= 4 is 22.0 Å². The third kappa shape index (κ3) is 8.09. The maximum atomic E-state index is 13.6. The Morgan fingerprint density at radius 1 is 0.650 bits per heavy atom. The van der Waals surface area contributed by atoms with Crippen molar-refractivity contribution < 1.29 is 37.5 Å². The van der Waals surface area contributed by atoms with Crippen LogP contribution in [0.4, 0.5) is 0 Å². The second kappa shape index (κ2) is 17.0. The molecule has 19 atom stereocenters. The molecule has 10 heteroatoms. The average Bonchev–Trinajstić information content (AvgIpc) is 3.73. The summed E-state index contributed by atoms with van der Waals surface area (Å²) in [6.45, 7) is 14.6. The van der Waals surface area contributed by atoms with Crippen LogP contribution in [0.1, 0.15) is 176 Å². The van der Waals surface area contributed by atoms with Crippen molar-refractivity contribution in [2.45, 2.75) is 195 Å². The molecule has 342 valence electrons. The maximum Gasteiger partial charge on any atom is 0.306 e. The first-order valence-corrected chi connectivity index (χ1v) is 26.7. The van der Waals surface area contributed by atoms with Crippen LogP contribution in [0.3, 0.4) is 0 Å². The minimum atomic E-state index is -4.10. The molecule has 0 spiro atoms. The molecule has 4 unspecified atom stereocenters. The predicted molar refractivity (Wildman–Crippen MR) is 234 cm³/mol. The molecule has 0 aromatic rings. The summed E-state index contributed by atoms with van der Waals surface area (Å²) in [5.74, 6) is 5.19. The number of aliphatic hydroxyl groups is 2. The van der Waals surface area contributed by atoms with Crippen LogP contribution in [-0.4, -0.2) is 65.7 Å². The maximum absolute atomic E-state index is 13.6. The molecular formula is C50H83NO8S. The van der Waals surface area contributed by atoms with E-state index >= 15 is 0 Å². The normalized spacial score (nSPS) is 48.2. The number of fused-ring (bicyclic) bond motifs is 10. The molecule has 1 amide bonds. The molecule has 8 fully saturated rings. The van der Waals surface area contributed by atoms with E-state index in [4.69, 9.17) is 9.29 Å². The van der Waals surface area contributed by atoms with Gasteiger partial charge in [-0.25, -0.2) is 0 Å². The lowest BCUT2D eigenvalue weighted by molar-refractivity contribution is -0.183. The molecule has 8 saturated carbocycles. The number of amides is 1. The molecule has 8 rings (SSSR count). The van der Waals surface area contributed by atoms with Gasteiger partial charge in [-0.05, 0) is 202 Å². The summed E-state index contributed by atoms with van der Waals surface area (Å²) in [6.07, 6.45) is 21.3. The van der Waals surface area contributed by atoms with Crippen LogP contribution >= 0.6 is 0 Å². The van der Waals surface area contributed by atoms with Gasteiger partial charge in [-0.15, -0.1) is 0 Å². The van der Waals surface area contributed by atoms with Crippen molar-refractivity contribution in [1.29, 1.82) is 0 Å². The zero-order valence-electron chi connectivity index (χ0n) is 38.2. The van der Waals surface area contributed by atoms with Crippen molar-refractivity contribution in [3.63, 3.8) is 0 Å². The van der Waals surface area contributed by atoms with Crippen LogP contribution in [-0.2, 0) is 24.4 Å². The van der Waals surface area contributed by atoms with Crippen molar-refractivity contribution in [2.75, 3.05) is 12.3 Å². The molecule has 0 bridgehead atoms. The third-order valence-electron chi connectivity index (χ3n) is 21.4. The van der Waals surface area contributed by atoms with E-state index in [1.807, 2.05) is 0 Å². The lowest BCUT2D eigenvalue weighted by Gasteiger charge is -2.62. The number of hydrogen-bond donors (Lipinski definition) is 4. The van der Waals surface area contributed by atoms with Crippen molar-refractivity contribution in [3.05, 3.63) is 0 Å². The van der Waals surface area contributed by atoms with Crippen LogP contribution < -0.4 is 5.32 Å². The van der Waals surface area contributed by atoms with Crippen molar-refractivity contribution in [1.82, 2.24) is 5.32 Å². The first-order chi connectivity index (χ1) is 28.3. The SMILES string of the molecule is C[C@H](CCC(=O)O[C@@H]1CC[C@@]2(C)C(C1)C[C@H](O)[C@H]1C3CC[C@H]([C@H](C)CCC(=O)NCCS(=O)(=O)O)[C@@]3(C)CC[C@@H]12)[C@H]1CCC2[C@@H]3[C@@H](O)CC4CCCC[C@]4(C)[C@H]3CC[C@@]21C. The zero-order chi connectivity index (χ0) is 43.0. The number of nitrogens with one attached hydrogen (secondary N) is 1. The highest BCUT2D eigenvalue weighted by Crippen LogP contribution is 2.70. The van der Waals surface area contributed by atoms with E-state index in [-0.39, 0.29) is 58.9 Å². The fourth-order valence-corrected chi connectivity index (χ4v) is 18.6. The summed E-state index contributed by atoms with van der Waals surface area (Å²) in [7, 11) is -4.10. The van der Waals surface area contributed by atoms with Gasteiger partial charge in [0.05, 0.1) is 18.0 Å². The van der Waals surface area contributed by atoms with Gasteiger partial charge < -0.3 is 20.3 Å². The largest absolute Gasteiger partial charge is 0.462 e. The van der Waals surface area contributed by atoms with Crippen LogP contribution in [0, 0.1) is 92.7 Å². The fourth-order valence-electron chi connectivity index (χ4n) is 18.3. The van der Waals surface area contributed by atoms with E-state index in [1.54, 1.807) is 0 Å². The molecule has 60 heavy (non-hydrogen) atoms. The Morgan fingerprint density at radius 2 is 1.17 bits per heavy atom. The number of esters is 1. The third-order valence-corrected chi connectivity index (χ3v) is 22.1. The topological polar surface area (TPSA) is 150 Å². The van der Waals surface area contributed by atoms with Crippen LogP contribution in [0.5, 0.6) is 0 Å². The second-order valence-electron chi connectivity index (χ2n) is 23.8. The quantitative estimate of drug-likeness (QED) is 0.112. The Hall–Kier alpha value is -1.23. The van der Waals surface area contributed by atoms with E-state index < -0.39 is 15.9 Å². The molecule has 8 aliphatic carbocycles. The average molecular weight is 858 g/mol. The number of aliphatic hydroxyl groups excluding tert-OH is 2. The van der Waals surface area contributed by atoms with Gasteiger partial charge in [0.2, 0.25) is 5.91 Å². The van der Waals surface area contributed by atoms with Gasteiger partial charge in [0.25, 0.3) is 10.1 Å². The van der Waals surface area contributed by atoms with E-state index in [0.29, 0.717) is 83.4 Å². The molecule has 0 saturated heterocycles. The molecule has 0 heterocycles. The zero-order valence-corrected chi connectivity index (χ0v) is 39.0. The number of hydrogen-bond acceptors (Lipinski definition) is 7. The summed E-state index contributed by atoms with van der Waals surface area (Å²) in [5.41, 5.74) is 0.925. The highest BCUT2D eigenvalue weighted by atomic mass is 32.2. The lowest BCUT2D eigenvalue weighted by Crippen LogP contribution is -2.58. The fraction of sp³-hybridized carbons (Fsp3) is 0.960. The predicted octanol–water partition coefficient (Wildman–Crippen LogP) is 9.38. The molecule has 4 N–H and O–H groups in total.